The maximum atomic E-state index is 13.0. The highest BCUT2D eigenvalue weighted by atomic mass is 32.1. The first kappa shape index (κ1) is 15.4. The van der Waals surface area contributed by atoms with E-state index in [1.807, 2.05) is 44.2 Å². The van der Waals surface area contributed by atoms with Crippen LogP contribution < -0.4 is 5.56 Å². The Bertz CT molecular complexity index is 957. The second-order valence-corrected chi connectivity index (χ2v) is 6.66. The standard InChI is InChI=1S/C17H16N2O3S/c1-9-11(3)23-15-13(9)16(20)19(10(2)17(21)22)14(18-15)12-7-5-4-6-8-12/h4-8,10H,1-3H3,(H,21,22). The second-order valence-electron chi connectivity index (χ2n) is 5.45. The summed E-state index contributed by atoms with van der Waals surface area (Å²) in [6, 6.07) is 8.20. The summed E-state index contributed by atoms with van der Waals surface area (Å²) in [4.78, 5) is 30.7. The van der Waals surface area contributed by atoms with Crippen LogP contribution in [0.25, 0.3) is 21.6 Å². The van der Waals surface area contributed by atoms with Crippen LogP contribution in [-0.2, 0) is 4.79 Å². The first-order valence-electron chi connectivity index (χ1n) is 7.22. The maximum Gasteiger partial charge on any atom is 0.326 e. The van der Waals surface area contributed by atoms with Crippen LogP contribution in [0.4, 0.5) is 0 Å². The van der Waals surface area contributed by atoms with Gasteiger partial charge in [-0.05, 0) is 26.3 Å². The molecule has 0 saturated heterocycles. The van der Waals surface area contributed by atoms with E-state index in [2.05, 4.69) is 4.98 Å². The molecule has 0 radical (unpaired) electrons. The van der Waals surface area contributed by atoms with Crippen LogP contribution in [-0.4, -0.2) is 20.6 Å². The van der Waals surface area contributed by atoms with E-state index in [-0.39, 0.29) is 5.56 Å². The zero-order chi connectivity index (χ0) is 16.7. The van der Waals surface area contributed by atoms with Crippen molar-refractivity contribution >= 4 is 27.5 Å². The summed E-state index contributed by atoms with van der Waals surface area (Å²) in [5, 5.41) is 9.91. The number of benzene rings is 1. The van der Waals surface area contributed by atoms with Gasteiger partial charge in [-0.1, -0.05) is 30.3 Å². The first-order valence-corrected chi connectivity index (χ1v) is 8.04. The number of aliphatic carboxylic acids is 1. The molecule has 23 heavy (non-hydrogen) atoms. The third-order valence-corrected chi connectivity index (χ3v) is 5.11. The molecule has 2 heterocycles. The lowest BCUT2D eigenvalue weighted by molar-refractivity contribution is -0.140. The summed E-state index contributed by atoms with van der Waals surface area (Å²) < 4.78 is 1.28. The Morgan fingerprint density at radius 3 is 2.52 bits per heavy atom. The number of aryl methyl sites for hydroxylation is 2. The van der Waals surface area contributed by atoms with Gasteiger partial charge in [0.25, 0.3) is 5.56 Å². The van der Waals surface area contributed by atoms with Gasteiger partial charge in [-0.3, -0.25) is 9.36 Å². The van der Waals surface area contributed by atoms with Crippen molar-refractivity contribution in [3.05, 3.63) is 51.1 Å². The predicted octanol–water partition coefficient (Wildman–Crippen LogP) is 3.39. The Balaban J connectivity index is 2.45. The molecule has 0 fully saturated rings. The van der Waals surface area contributed by atoms with Gasteiger partial charge < -0.3 is 5.11 Å². The fourth-order valence-corrected chi connectivity index (χ4v) is 3.59. The number of carbonyl (C=O) groups is 1. The molecule has 5 nitrogen and oxygen atoms in total. The fourth-order valence-electron chi connectivity index (χ4n) is 2.57. The quantitative estimate of drug-likeness (QED) is 0.800. The van der Waals surface area contributed by atoms with Gasteiger partial charge in [0.15, 0.2) is 0 Å². The van der Waals surface area contributed by atoms with Crippen molar-refractivity contribution in [2.75, 3.05) is 0 Å². The Hall–Kier alpha value is -2.47. The molecule has 3 rings (SSSR count). The fraction of sp³-hybridized carbons (Fsp3) is 0.235. The van der Waals surface area contributed by atoms with Gasteiger partial charge in [0.2, 0.25) is 0 Å². The number of aromatic nitrogens is 2. The van der Waals surface area contributed by atoms with E-state index < -0.39 is 12.0 Å². The highest BCUT2D eigenvalue weighted by Crippen LogP contribution is 2.29. The summed E-state index contributed by atoms with van der Waals surface area (Å²) in [5.74, 6) is -0.672. The summed E-state index contributed by atoms with van der Waals surface area (Å²) in [6.07, 6.45) is 0. The minimum absolute atomic E-state index is 0.300. The molecule has 2 aromatic heterocycles. The molecule has 0 aliphatic carbocycles. The Morgan fingerprint density at radius 2 is 1.91 bits per heavy atom. The molecule has 3 aromatic rings. The molecular formula is C17H16N2O3S. The van der Waals surface area contributed by atoms with Crippen molar-refractivity contribution < 1.29 is 9.90 Å². The van der Waals surface area contributed by atoms with Crippen LogP contribution in [0.2, 0.25) is 0 Å². The third-order valence-electron chi connectivity index (χ3n) is 4.01. The SMILES string of the molecule is Cc1sc2nc(-c3ccccc3)n(C(C)C(=O)O)c(=O)c2c1C. The van der Waals surface area contributed by atoms with E-state index in [0.717, 1.165) is 16.0 Å². The lowest BCUT2D eigenvalue weighted by Crippen LogP contribution is -2.30. The molecule has 0 saturated carbocycles. The topological polar surface area (TPSA) is 72.2 Å². The molecule has 1 N–H and O–H groups in total. The smallest absolute Gasteiger partial charge is 0.326 e. The Morgan fingerprint density at radius 1 is 1.26 bits per heavy atom. The lowest BCUT2D eigenvalue weighted by atomic mass is 10.1. The largest absolute Gasteiger partial charge is 0.480 e. The average molecular weight is 328 g/mol. The van der Waals surface area contributed by atoms with Crippen LogP contribution in [0.15, 0.2) is 35.1 Å². The molecule has 0 aliphatic heterocycles. The number of carboxylic acid groups (broad SMARTS) is 1. The van der Waals surface area contributed by atoms with Crippen molar-refractivity contribution in [3.8, 4) is 11.4 Å². The maximum absolute atomic E-state index is 13.0. The molecule has 1 atom stereocenters. The van der Waals surface area contributed by atoms with Gasteiger partial charge in [0, 0.05) is 10.4 Å². The summed E-state index contributed by atoms with van der Waals surface area (Å²) >= 11 is 1.46. The van der Waals surface area contributed by atoms with Crippen LogP contribution in [0.3, 0.4) is 0 Å². The normalized spacial score (nSPS) is 12.5. The lowest BCUT2D eigenvalue weighted by Gasteiger charge is -2.16. The van der Waals surface area contributed by atoms with Gasteiger partial charge in [-0.2, -0.15) is 0 Å². The molecule has 0 aliphatic rings. The van der Waals surface area contributed by atoms with Crippen molar-refractivity contribution in [3.63, 3.8) is 0 Å². The average Bonchev–Trinajstić information content (AvgIpc) is 2.82. The van der Waals surface area contributed by atoms with Crippen molar-refractivity contribution in [2.24, 2.45) is 0 Å². The molecule has 1 aromatic carbocycles. The highest BCUT2D eigenvalue weighted by Gasteiger charge is 2.24. The number of hydrogen-bond acceptors (Lipinski definition) is 4. The van der Waals surface area contributed by atoms with E-state index in [1.54, 1.807) is 0 Å². The highest BCUT2D eigenvalue weighted by molar-refractivity contribution is 7.18. The third kappa shape index (κ3) is 2.45. The Kier molecular flexibility index (Phi) is 3.77. The molecule has 118 valence electrons. The number of hydrogen-bond donors (Lipinski definition) is 1. The summed E-state index contributed by atoms with van der Waals surface area (Å²) in [7, 11) is 0. The minimum Gasteiger partial charge on any atom is -0.480 e. The summed E-state index contributed by atoms with van der Waals surface area (Å²) in [5.41, 5.74) is 1.29. The van der Waals surface area contributed by atoms with E-state index >= 15 is 0 Å². The predicted molar refractivity (Wildman–Crippen MR) is 91.1 cm³/mol. The molecule has 0 amide bonds. The van der Waals surface area contributed by atoms with Crippen LogP contribution in [0.1, 0.15) is 23.4 Å². The number of thiophene rings is 1. The minimum atomic E-state index is -1.06. The zero-order valence-electron chi connectivity index (χ0n) is 13.0. The Labute approximate surface area is 136 Å². The number of carboxylic acids is 1. The van der Waals surface area contributed by atoms with Crippen LogP contribution >= 0.6 is 11.3 Å². The molecule has 6 heteroatoms. The number of rotatable bonds is 3. The van der Waals surface area contributed by atoms with Gasteiger partial charge in [0.05, 0.1) is 5.39 Å². The number of fused-ring (bicyclic) bond motifs is 1. The van der Waals surface area contributed by atoms with E-state index in [1.165, 1.54) is 22.8 Å². The molecule has 0 spiro atoms. The monoisotopic (exact) mass is 328 g/mol. The van der Waals surface area contributed by atoms with Gasteiger partial charge in [-0.25, -0.2) is 9.78 Å². The van der Waals surface area contributed by atoms with Gasteiger partial charge in [0.1, 0.15) is 16.7 Å². The van der Waals surface area contributed by atoms with Gasteiger partial charge >= 0.3 is 5.97 Å². The van der Waals surface area contributed by atoms with E-state index in [9.17, 15) is 14.7 Å². The van der Waals surface area contributed by atoms with Crippen molar-refractivity contribution in [1.29, 1.82) is 0 Å². The molecule has 1 unspecified atom stereocenters. The summed E-state index contributed by atoms with van der Waals surface area (Å²) in [6.45, 7) is 5.31. The first-order chi connectivity index (χ1) is 10.9. The van der Waals surface area contributed by atoms with Crippen LogP contribution in [0.5, 0.6) is 0 Å². The van der Waals surface area contributed by atoms with Crippen LogP contribution in [0, 0.1) is 13.8 Å². The number of nitrogens with zero attached hydrogens (tertiary/aromatic N) is 2. The van der Waals surface area contributed by atoms with Crippen molar-refractivity contribution in [1.82, 2.24) is 9.55 Å². The van der Waals surface area contributed by atoms with E-state index in [4.69, 9.17) is 0 Å². The van der Waals surface area contributed by atoms with Crippen molar-refractivity contribution in [2.45, 2.75) is 26.8 Å². The zero-order valence-corrected chi connectivity index (χ0v) is 13.8. The van der Waals surface area contributed by atoms with E-state index in [0.29, 0.717) is 16.0 Å². The second kappa shape index (κ2) is 5.62. The van der Waals surface area contributed by atoms with Gasteiger partial charge in [-0.15, -0.1) is 11.3 Å². The molecule has 0 bridgehead atoms. The molecular weight excluding hydrogens is 312 g/mol.